The summed E-state index contributed by atoms with van der Waals surface area (Å²) in [4.78, 5) is 31.8. The molecule has 142 valence electrons. The van der Waals surface area contributed by atoms with Crippen LogP contribution in [-0.2, 0) is 0 Å². The average molecular weight is 374 g/mol. The van der Waals surface area contributed by atoms with E-state index in [1.807, 2.05) is 54.6 Å². The highest BCUT2D eigenvalue weighted by molar-refractivity contribution is 5.98. The first kappa shape index (κ1) is 18.2. The molecule has 1 aromatic heterocycles. The number of hydrogen-bond donors (Lipinski definition) is 0. The number of rotatable bonds is 4. The maximum atomic E-state index is 12.9. The summed E-state index contributed by atoms with van der Waals surface area (Å²) in [6.07, 6.45) is 1.37. The molecule has 1 aliphatic heterocycles. The monoisotopic (exact) mass is 374 g/mol. The molecule has 4 rings (SSSR count). The van der Waals surface area contributed by atoms with E-state index < -0.39 is 0 Å². The summed E-state index contributed by atoms with van der Waals surface area (Å²) in [7, 11) is 1.62. The molecule has 1 amide bonds. The second kappa shape index (κ2) is 7.80. The van der Waals surface area contributed by atoms with Crippen LogP contribution in [0.3, 0.4) is 0 Å². The molecule has 0 radical (unpaired) electrons. The van der Waals surface area contributed by atoms with Crippen molar-refractivity contribution in [3.8, 4) is 5.75 Å². The molecule has 5 heteroatoms. The number of hydrogen-bond acceptors (Lipinski definition) is 4. The van der Waals surface area contributed by atoms with Crippen LogP contribution in [-0.4, -0.2) is 41.8 Å². The highest BCUT2D eigenvalue weighted by Gasteiger charge is 2.28. The lowest BCUT2D eigenvalue weighted by atomic mass is 9.89. The summed E-state index contributed by atoms with van der Waals surface area (Å²) in [5.74, 6) is 0.829. The predicted octanol–water partition coefficient (Wildman–Crippen LogP) is 3.98. The number of benzene rings is 2. The van der Waals surface area contributed by atoms with Gasteiger partial charge in [-0.1, -0.05) is 36.4 Å². The number of carbonyl (C=O) groups excluding carboxylic acids is 2. The molecule has 0 saturated carbocycles. The Kier molecular flexibility index (Phi) is 5.06. The number of aromatic nitrogens is 1. The van der Waals surface area contributed by atoms with Gasteiger partial charge in [0.1, 0.15) is 11.4 Å². The highest BCUT2D eigenvalue weighted by atomic mass is 16.5. The summed E-state index contributed by atoms with van der Waals surface area (Å²) >= 11 is 0. The lowest BCUT2D eigenvalue weighted by molar-refractivity contribution is 0.0646. The van der Waals surface area contributed by atoms with Gasteiger partial charge in [0.15, 0.2) is 5.78 Å². The molecule has 1 saturated heterocycles. The summed E-state index contributed by atoms with van der Waals surface area (Å²) in [5, 5.41) is 0.933. The minimum atomic E-state index is -0.0803. The van der Waals surface area contributed by atoms with Crippen LogP contribution in [0.4, 0.5) is 0 Å². The van der Waals surface area contributed by atoms with Crippen molar-refractivity contribution in [1.82, 2.24) is 9.88 Å². The van der Waals surface area contributed by atoms with Gasteiger partial charge in [-0.3, -0.25) is 9.59 Å². The van der Waals surface area contributed by atoms with Crippen LogP contribution in [0.2, 0.25) is 0 Å². The van der Waals surface area contributed by atoms with Crippen LogP contribution in [0.25, 0.3) is 10.9 Å². The molecule has 0 aliphatic carbocycles. The summed E-state index contributed by atoms with van der Waals surface area (Å²) in [6.45, 7) is 1.15. The fourth-order valence-corrected chi connectivity index (χ4v) is 3.69. The highest BCUT2D eigenvalue weighted by Crippen LogP contribution is 2.24. The van der Waals surface area contributed by atoms with E-state index >= 15 is 0 Å². The minimum Gasteiger partial charge on any atom is -0.497 e. The van der Waals surface area contributed by atoms with Crippen molar-refractivity contribution in [2.75, 3.05) is 20.2 Å². The zero-order valence-corrected chi connectivity index (χ0v) is 15.8. The SMILES string of the molecule is COc1ccc2nc(C(=O)N3CCC(C(=O)c4ccccc4)CC3)ccc2c1. The van der Waals surface area contributed by atoms with Crippen molar-refractivity contribution in [3.05, 3.63) is 71.9 Å². The molecule has 2 heterocycles. The average Bonchev–Trinajstić information content (AvgIpc) is 2.78. The van der Waals surface area contributed by atoms with E-state index in [9.17, 15) is 9.59 Å². The Labute approximate surface area is 163 Å². The third kappa shape index (κ3) is 3.60. The van der Waals surface area contributed by atoms with E-state index in [0.717, 1.165) is 22.2 Å². The molecule has 1 aliphatic rings. The van der Waals surface area contributed by atoms with E-state index in [2.05, 4.69) is 4.98 Å². The Morgan fingerprint density at radius 2 is 1.75 bits per heavy atom. The quantitative estimate of drug-likeness (QED) is 0.648. The van der Waals surface area contributed by atoms with Crippen molar-refractivity contribution < 1.29 is 14.3 Å². The fourth-order valence-electron chi connectivity index (χ4n) is 3.69. The number of ketones is 1. The van der Waals surface area contributed by atoms with E-state index in [-0.39, 0.29) is 17.6 Å². The Balaban J connectivity index is 1.44. The second-order valence-corrected chi connectivity index (χ2v) is 7.05. The van der Waals surface area contributed by atoms with Crippen LogP contribution in [0.5, 0.6) is 5.75 Å². The molecule has 2 aromatic carbocycles. The smallest absolute Gasteiger partial charge is 0.272 e. The maximum Gasteiger partial charge on any atom is 0.272 e. The molecule has 0 bridgehead atoms. The number of fused-ring (bicyclic) bond motifs is 1. The van der Waals surface area contributed by atoms with E-state index in [1.165, 1.54) is 0 Å². The molecule has 0 unspecified atom stereocenters. The van der Waals surface area contributed by atoms with Gasteiger partial charge >= 0.3 is 0 Å². The molecular formula is C23H22N2O3. The molecule has 1 fully saturated rings. The van der Waals surface area contributed by atoms with Crippen molar-refractivity contribution in [2.45, 2.75) is 12.8 Å². The van der Waals surface area contributed by atoms with Crippen molar-refractivity contribution in [1.29, 1.82) is 0 Å². The third-order valence-corrected chi connectivity index (χ3v) is 5.33. The van der Waals surface area contributed by atoms with Gasteiger partial charge < -0.3 is 9.64 Å². The Morgan fingerprint density at radius 3 is 2.46 bits per heavy atom. The predicted molar refractivity (Wildman–Crippen MR) is 108 cm³/mol. The fraction of sp³-hybridized carbons (Fsp3) is 0.261. The number of Topliss-reactive ketones (excluding diaryl/α,β-unsaturated/α-hetero) is 1. The van der Waals surface area contributed by atoms with E-state index in [4.69, 9.17) is 4.74 Å². The number of amides is 1. The number of nitrogens with zero attached hydrogens (tertiary/aromatic N) is 2. The summed E-state index contributed by atoms with van der Waals surface area (Å²) < 4.78 is 5.23. The van der Waals surface area contributed by atoms with Crippen LogP contribution >= 0.6 is 0 Å². The Hall–Kier alpha value is -3.21. The van der Waals surface area contributed by atoms with Crippen LogP contribution in [0, 0.1) is 5.92 Å². The van der Waals surface area contributed by atoms with Crippen molar-refractivity contribution in [2.24, 2.45) is 5.92 Å². The van der Waals surface area contributed by atoms with Gasteiger partial charge in [0.2, 0.25) is 0 Å². The summed E-state index contributed by atoms with van der Waals surface area (Å²) in [5.41, 5.74) is 1.95. The molecule has 0 atom stereocenters. The largest absolute Gasteiger partial charge is 0.497 e. The minimum absolute atomic E-state index is 0.0246. The summed E-state index contributed by atoms with van der Waals surface area (Å²) in [6, 6.07) is 18.6. The van der Waals surface area contributed by atoms with E-state index in [1.54, 1.807) is 18.1 Å². The standard InChI is InChI=1S/C23H22N2O3/c1-28-19-8-10-20-18(15-19)7-9-21(24-20)23(27)25-13-11-17(12-14-25)22(26)16-5-3-2-4-6-16/h2-10,15,17H,11-14H2,1H3. The third-order valence-electron chi connectivity index (χ3n) is 5.33. The lowest BCUT2D eigenvalue weighted by Gasteiger charge is -2.31. The maximum absolute atomic E-state index is 12.9. The van der Waals surface area contributed by atoms with E-state index in [0.29, 0.717) is 31.6 Å². The number of piperidine rings is 1. The van der Waals surface area contributed by atoms with Gasteiger partial charge in [-0.25, -0.2) is 4.98 Å². The van der Waals surface area contributed by atoms with Gasteiger partial charge in [0.25, 0.3) is 5.91 Å². The van der Waals surface area contributed by atoms with Gasteiger partial charge in [-0.05, 0) is 37.1 Å². The topological polar surface area (TPSA) is 59.5 Å². The van der Waals surface area contributed by atoms with Gasteiger partial charge in [0, 0.05) is 30.0 Å². The molecular weight excluding hydrogens is 352 g/mol. The number of carbonyl (C=O) groups is 2. The van der Waals surface area contributed by atoms with Crippen molar-refractivity contribution in [3.63, 3.8) is 0 Å². The number of methoxy groups -OCH3 is 1. The zero-order chi connectivity index (χ0) is 19.5. The molecule has 0 spiro atoms. The first-order valence-electron chi connectivity index (χ1n) is 9.49. The molecule has 5 nitrogen and oxygen atoms in total. The molecule has 3 aromatic rings. The Morgan fingerprint density at radius 1 is 1.00 bits per heavy atom. The van der Waals surface area contributed by atoms with Crippen molar-refractivity contribution >= 4 is 22.6 Å². The lowest BCUT2D eigenvalue weighted by Crippen LogP contribution is -2.40. The zero-order valence-electron chi connectivity index (χ0n) is 15.8. The van der Waals surface area contributed by atoms with Crippen LogP contribution in [0.15, 0.2) is 60.7 Å². The van der Waals surface area contributed by atoms with Crippen LogP contribution < -0.4 is 4.74 Å². The van der Waals surface area contributed by atoms with Gasteiger partial charge in [0.05, 0.1) is 12.6 Å². The van der Waals surface area contributed by atoms with Gasteiger partial charge in [-0.2, -0.15) is 0 Å². The number of ether oxygens (including phenoxy) is 1. The molecule has 28 heavy (non-hydrogen) atoms. The molecule has 0 N–H and O–H groups in total. The Bertz CT molecular complexity index is 1010. The normalized spacial score (nSPS) is 14.8. The first-order valence-corrected chi connectivity index (χ1v) is 9.49. The first-order chi connectivity index (χ1) is 13.7. The second-order valence-electron chi connectivity index (χ2n) is 7.05. The van der Waals surface area contributed by atoms with Crippen LogP contribution in [0.1, 0.15) is 33.7 Å². The number of likely N-dealkylation sites (tertiary alicyclic amines) is 1. The number of pyridine rings is 1. The van der Waals surface area contributed by atoms with Gasteiger partial charge in [-0.15, -0.1) is 0 Å².